The van der Waals surface area contributed by atoms with Crippen LogP contribution in [0.3, 0.4) is 0 Å². The van der Waals surface area contributed by atoms with Crippen LogP contribution in [0.25, 0.3) is 0 Å². The Labute approximate surface area is 89.6 Å². The Morgan fingerprint density at radius 2 is 2.14 bits per heavy atom. The highest BCUT2D eigenvalue weighted by Crippen LogP contribution is 2.28. The number of hydrogen-bond acceptors (Lipinski definition) is 3. The number of benzene rings is 1. The Morgan fingerprint density at radius 3 is 2.64 bits per heavy atom. The number of nitro groups is 1. The molecule has 1 aromatic carbocycles. The van der Waals surface area contributed by atoms with Gasteiger partial charge in [-0.05, 0) is 11.6 Å². The number of non-ortho nitro benzene ring substituents is 1. The van der Waals surface area contributed by atoms with Gasteiger partial charge < -0.3 is 5.32 Å². The second-order valence-corrected chi connectivity index (χ2v) is 4.27. The van der Waals surface area contributed by atoms with E-state index in [-0.39, 0.29) is 10.6 Å². The Kier molecular flexibility index (Phi) is 2.52. The van der Waals surface area contributed by atoms with Crippen molar-refractivity contribution in [2.45, 2.75) is 5.92 Å². The van der Waals surface area contributed by atoms with Crippen LogP contribution in [-0.4, -0.2) is 18.0 Å². The van der Waals surface area contributed by atoms with Crippen LogP contribution in [0.1, 0.15) is 11.5 Å². The predicted molar refractivity (Wildman–Crippen MR) is 56.4 cm³/mol. The van der Waals surface area contributed by atoms with Crippen LogP contribution in [0.4, 0.5) is 5.69 Å². The smallest absolute Gasteiger partial charge is 0.270 e. The van der Waals surface area contributed by atoms with Gasteiger partial charge in [0.15, 0.2) is 0 Å². The van der Waals surface area contributed by atoms with Crippen LogP contribution in [0.5, 0.6) is 0 Å². The molecular weight excluding hydrogens is 248 g/mol. The molecule has 1 fully saturated rings. The highest BCUT2D eigenvalue weighted by Gasteiger charge is 2.21. The van der Waals surface area contributed by atoms with E-state index in [1.54, 1.807) is 6.07 Å². The van der Waals surface area contributed by atoms with E-state index in [1.807, 2.05) is 6.07 Å². The molecule has 0 atom stereocenters. The minimum Gasteiger partial charge on any atom is -0.315 e. The Balaban J connectivity index is 2.35. The zero-order valence-corrected chi connectivity index (χ0v) is 8.95. The molecule has 1 aromatic rings. The van der Waals surface area contributed by atoms with E-state index in [0.29, 0.717) is 5.92 Å². The van der Waals surface area contributed by atoms with E-state index < -0.39 is 0 Å². The topological polar surface area (TPSA) is 55.2 Å². The van der Waals surface area contributed by atoms with E-state index in [4.69, 9.17) is 0 Å². The molecule has 1 heterocycles. The Morgan fingerprint density at radius 1 is 1.43 bits per heavy atom. The van der Waals surface area contributed by atoms with E-state index in [9.17, 15) is 10.1 Å². The van der Waals surface area contributed by atoms with Crippen molar-refractivity contribution in [1.82, 2.24) is 5.32 Å². The number of nitrogens with one attached hydrogen (secondary N) is 1. The Bertz CT molecular complexity index is 377. The van der Waals surface area contributed by atoms with Gasteiger partial charge in [-0.1, -0.05) is 15.9 Å². The van der Waals surface area contributed by atoms with Gasteiger partial charge in [0.05, 0.1) is 4.92 Å². The van der Waals surface area contributed by atoms with E-state index >= 15 is 0 Å². The van der Waals surface area contributed by atoms with Gasteiger partial charge in [-0.2, -0.15) is 0 Å². The zero-order valence-electron chi connectivity index (χ0n) is 7.37. The predicted octanol–water partition coefficient (Wildman–Crippen LogP) is 2.04. The third-order valence-corrected chi connectivity index (χ3v) is 2.83. The number of hydrogen-bond donors (Lipinski definition) is 1. The van der Waals surface area contributed by atoms with Gasteiger partial charge in [0.2, 0.25) is 0 Å². The summed E-state index contributed by atoms with van der Waals surface area (Å²) < 4.78 is 0.772. The lowest BCUT2D eigenvalue weighted by Crippen LogP contribution is -2.39. The van der Waals surface area contributed by atoms with E-state index in [1.165, 1.54) is 6.07 Å². The molecule has 0 aliphatic carbocycles. The highest BCUT2D eigenvalue weighted by atomic mass is 79.9. The fourth-order valence-corrected chi connectivity index (χ4v) is 1.96. The van der Waals surface area contributed by atoms with Gasteiger partial charge in [0.1, 0.15) is 0 Å². The average Bonchev–Trinajstić information content (AvgIpc) is 1.99. The lowest BCUT2D eigenvalue weighted by molar-refractivity contribution is -0.385. The first-order valence-electron chi connectivity index (χ1n) is 4.32. The fraction of sp³-hybridized carbons (Fsp3) is 0.333. The molecule has 1 N–H and O–H groups in total. The number of nitro benzene ring substituents is 1. The molecule has 0 radical (unpaired) electrons. The van der Waals surface area contributed by atoms with Crippen LogP contribution < -0.4 is 5.32 Å². The van der Waals surface area contributed by atoms with Crippen molar-refractivity contribution in [3.63, 3.8) is 0 Å². The first-order chi connectivity index (χ1) is 6.66. The zero-order chi connectivity index (χ0) is 10.1. The molecule has 14 heavy (non-hydrogen) atoms. The van der Waals surface area contributed by atoms with Crippen molar-refractivity contribution >= 4 is 21.6 Å². The summed E-state index contributed by atoms with van der Waals surface area (Å²) in [6.45, 7) is 1.82. The summed E-state index contributed by atoms with van der Waals surface area (Å²) in [5.41, 5.74) is 1.19. The molecule has 5 heteroatoms. The van der Waals surface area contributed by atoms with Crippen molar-refractivity contribution in [2.75, 3.05) is 13.1 Å². The van der Waals surface area contributed by atoms with Crippen molar-refractivity contribution in [2.24, 2.45) is 0 Å². The molecule has 1 aliphatic rings. The fourth-order valence-electron chi connectivity index (χ4n) is 1.46. The first-order valence-corrected chi connectivity index (χ1v) is 5.12. The van der Waals surface area contributed by atoms with Gasteiger partial charge in [-0.25, -0.2) is 0 Å². The van der Waals surface area contributed by atoms with Crippen molar-refractivity contribution in [3.05, 3.63) is 38.3 Å². The third-order valence-electron chi connectivity index (χ3n) is 2.37. The molecule has 4 nitrogen and oxygen atoms in total. The molecule has 0 amide bonds. The van der Waals surface area contributed by atoms with Crippen LogP contribution in [0.15, 0.2) is 22.7 Å². The minimum absolute atomic E-state index is 0.154. The summed E-state index contributed by atoms with van der Waals surface area (Å²) in [5.74, 6) is 0.422. The van der Waals surface area contributed by atoms with Gasteiger partial charge in [0, 0.05) is 35.6 Å². The van der Waals surface area contributed by atoms with Crippen molar-refractivity contribution < 1.29 is 4.92 Å². The van der Waals surface area contributed by atoms with Crippen molar-refractivity contribution in [1.29, 1.82) is 0 Å². The maximum atomic E-state index is 10.6. The lowest BCUT2D eigenvalue weighted by Gasteiger charge is -2.27. The number of halogens is 1. The van der Waals surface area contributed by atoms with Crippen LogP contribution >= 0.6 is 15.9 Å². The normalized spacial score (nSPS) is 16.4. The van der Waals surface area contributed by atoms with Gasteiger partial charge in [-0.3, -0.25) is 10.1 Å². The molecule has 1 aliphatic heterocycles. The van der Waals surface area contributed by atoms with E-state index in [2.05, 4.69) is 21.2 Å². The van der Waals surface area contributed by atoms with Crippen LogP contribution in [0.2, 0.25) is 0 Å². The Hall–Kier alpha value is -0.940. The lowest BCUT2D eigenvalue weighted by atomic mass is 9.93. The van der Waals surface area contributed by atoms with Gasteiger partial charge in [-0.15, -0.1) is 0 Å². The molecule has 1 saturated heterocycles. The minimum atomic E-state index is -0.361. The van der Waals surface area contributed by atoms with Crippen molar-refractivity contribution in [3.8, 4) is 0 Å². The number of nitrogens with zero attached hydrogens (tertiary/aromatic N) is 1. The first kappa shape index (κ1) is 9.61. The highest BCUT2D eigenvalue weighted by molar-refractivity contribution is 9.10. The maximum Gasteiger partial charge on any atom is 0.270 e. The summed E-state index contributed by atoms with van der Waals surface area (Å²) >= 11 is 3.28. The molecule has 0 saturated carbocycles. The van der Waals surface area contributed by atoms with E-state index in [0.717, 1.165) is 23.1 Å². The summed E-state index contributed by atoms with van der Waals surface area (Å²) in [4.78, 5) is 10.2. The summed E-state index contributed by atoms with van der Waals surface area (Å²) in [5, 5.41) is 13.7. The SMILES string of the molecule is O=[N+]([O-])c1cc(Br)cc(C2CNC2)c1. The average molecular weight is 257 g/mol. The monoisotopic (exact) mass is 256 g/mol. The third kappa shape index (κ3) is 1.78. The number of rotatable bonds is 2. The molecule has 74 valence electrons. The summed E-state index contributed by atoms with van der Waals surface area (Å²) in [6.07, 6.45) is 0. The summed E-state index contributed by atoms with van der Waals surface area (Å²) in [7, 11) is 0. The molecule has 0 bridgehead atoms. The summed E-state index contributed by atoms with van der Waals surface area (Å²) in [6, 6.07) is 5.12. The maximum absolute atomic E-state index is 10.6. The second-order valence-electron chi connectivity index (χ2n) is 3.36. The molecule has 0 aromatic heterocycles. The van der Waals surface area contributed by atoms with Gasteiger partial charge in [0.25, 0.3) is 5.69 Å². The quantitative estimate of drug-likeness (QED) is 0.651. The van der Waals surface area contributed by atoms with Crippen LogP contribution in [-0.2, 0) is 0 Å². The molecule has 0 spiro atoms. The standard InChI is InChI=1S/C9H9BrN2O2/c10-8-1-6(7-4-11-5-7)2-9(3-8)12(13)14/h1-3,7,11H,4-5H2. The largest absolute Gasteiger partial charge is 0.315 e. The molecule has 0 unspecified atom stereocenters. The molecule has 2 rings (SSSR count). The van der Waals surface area contributed by atoms with Crippen LogP contribution in [0, 0.1) is 10.1 Å². The molecular formula is C9H9BrN2O2. The second kappa shape index (κ2) is 3.67. The van der Waals surface area contributed by atoms with Gasteiger partial charge >= 0.3 is 0 Å².